The highest BCUT2D eigenvalue weighted by molar-refractivity contribution is 8.00. The highest BCUT2D eigenvalue weighted by Crippen LogP contribution is 2.36. The fourth-order valence-electron chi connectivity index (χ4n) is 2.69. The van der Waals surface area contributed by atoms with Gasteiger partial charge in [0.15, 0.2) is 11.8 Å². The molecule has 2 fully saturated rings. The molecule has 3 N–H and O–H groups in total. The number of nitrogens with one attached hydrogen (secondary N) is 2. The van der Waals surface area contributed by atoms with E-state index in [1.165, 1.54) is 11.8 Å². The van der Waals surface area contributed by atoms with Gasteiger partial charge in [0, 0.05) is 5.69 Å². The number of hydrogen-bond donors (Lipinski definition) is 3. The number of carbonyl (C=O) groups excluding carboxylic acids is 3. The molecule has 0 radical (unpaired) electrons. The van der Waals surface area contributed by atoms with Gasteiger partial charge < -0.3 is 20.6 Å². The molecule has 2 heterocycles. The molecule has 126 valence electrons. The number of nitrogens with zero attached hydrogens (tertiary/aromatic N) is 1. The quantitative estimate of drug-likeness (QED) is 0.486. The van der Waals surface area contributed by atoms with Crippen LogP contribution >= 0.6 is 11.8 Å². The van der Waals surface area contributed by atoms with Crippen LogP contribution in [-0.2, 0) is 19.2 Å². The maximum atomic E-state index is 12.1. The van der Waals surface area contributed by atoms with Gasteiger partial charge in [0.25, 0.3) is 0 Å². The highest BCUT2D eigenvalue weighted by Gasteiger charge is 2.57. The van der Waals surface area contributed by atoms with Gasteiger partial charge in [0.1, 0.15) is 11.4 Å². The monoisotopic (exact) mass is 349 g/mol. The molecule has 0 saturated carbocycles. The van der Waals surface area contributed by atoms with E-state index in [9.17, 15) is 19.2 Å². The Balaban J connectivity index is 1.57. The lowest BCUT2D eigenvalue weighted by Gasteiger charge is -2.51. The van der Waals surface area contributed by atoms with E-state index in [1.54, 1.807) is 0 Å². The molecule has 0 aromatic heterocycles. The minimum Gasteiger partial charge on any atom is -0.479 e. The van der Waals surface area contributed by atoms with E-state index in [2.05, 4.69) is 10.6 Å². The first-order valence-corrected chi connectivity index (χ1v) is 8.31. The second-order valence-electron chi connectivity index (χ2n) is 5.42. The number of rotatable bonds is 5. The number of carboxylic acid groups (broad SMARTS) is 1. The van der Waals surface area contributed by atoms with E-state index >= 15 is 0 Å². The first-order chi connectivity index (χ1) is 11.5. The minimum absolute atomic E-state index is 0.00747. The zero-order valence-electron chi connectivity index (χ0n) is 12.5. The predicted molar refractivity (Wildman–Crippen MR) is 86.4 cm³/mol. The maximum absolute atomic E-state index is 12.1. The van der Waals surface area contributed by atoms with Crippen LogP contribution in [0.4, 0.5) is 5.69 Å². The molecule has 2 aliphatic rings. The van der Waals surface area contributed by atoms with Crippen molar-refractivity contribution in [3.63, 3.8) is 0 Å². The topological polar surface area (TPSA) is 116 Å². The van der Waals surface area contributed by atoms with Crippen molar-refractivity contribution in [3.05, 3.63) is 30.3 Å². The third-order valence-corrected chi connectivity index (χ3v) is 5.13. The Morgan fingerprint density at radius 2 is 1.96 bits per heavy atom. The zero-order valence-corrected chi connectivity index (χ0v) is 13.3. The average Bonchev–Trinajstić information content (AvgIpc) is 2.58. The predicted octanol–water partition coefficient (Wildman–Crippen LogP) is -0.479. The van der Waals surface area contributed by atoms with Crippen LogP contribution in [0.3, 0.4) is 0 Å². The summed E-state index contributed by atoms with van der Waals surface area (Å²) in [6.07, 6.45) is 0. The number of carboxylic acids is 1. The van der Waals surface area contributed by atoms with E-state index in [4.69, 9.17) is 5.11 Å². The van der Waals surface area contributed by atoms with Gasteiger partial charge in [0.2, 0.25) is 11.8 Å². The van der Waals surface area contributed by atoms with Crippen LogP contribution in [0.5, 0.6) is 0 Å². The molecule has 0 bridgehead atoms. The van der Waals surface area contributed by atoms with E-state index in [-0.39, 0.29) is 18.2 Å². The van der Waals surface area contributed by atoms with Crippen LogP contribution in [0.1, 0.15) is 0 Å². The molecule has 3 atom stereocenters. The Labute approximate surface area is 141 Å². The van der Waals surface area contributed by atoms with Crippen molar-refractivity contribution in [2.75, 3.05) is 17.6 Å². The summed E-state index contributed by atoms with van der Waals surface area (Å²) >= 11 is 1.17. The molecule has 24 heavy (non-hydrogen) atoms. The molecule has 1 aromatic carbocycles. The van der Waals surface area contributed by atoms with E-state index in [1.807, 2.05) is 30.3 Å². The molecule has 2 aliphatic heterocycles. The van der Waals surface area contributed by atoms with Crippen molar-refractivity contribution >= 4 is 41.0 Å². The van der Waals surface area contributed by atoms with E-state index in [0.717, 1.165) is 10.6 Å². The number of benzene rings is 1. The number of fused-ring (bicyclic) bond motifs is 1. The number of Topliss-reactive ketones (excluding diaryl/α,β-unsaturated/α-hetero) is 1. The van der Waals surface area contributed by atoms with Crippen LogP contribution in [0.15, 0.2) is 30.3 Å². The van der Waals surface area contributed by atoms with Crippen molar-refractivity contribution in [1.82, 2.24) is 10.2 Å². The number of amides is 2. The standard InChI is InChI=1S/C15H15N3O5S/c19-9-7-24-14-11(13(21)18(14)12(9)15(22)23)17-10(20)6-16-8-4-2-1-3-5-8/h1-5,11-12,14,16H,6-7H2,(H,17,20)(H,22,23)/t11?,12?,14-/m0/s1. The van der Waals surface area contributed by atoms with Crippen LogP contribution in [0, 0.1) is 0 Å². The summed E-state index contributed by atoms with van der Waals surface area (Å²) < 4.78 is 0. The smallest absolute Gasteiger partial charge is 0.334 e. The van der Waals surface area contributed by atoms with E-state index < -0.39 is 35.1 Å². The Morgan fingerprint density at radius 1 is 1.25 bits per heavy atom. The largest absolute Gasteiger partial charge is 0.479 e. The third kappa shape index (κ3) is 2.94. The SMILES string of the molecule is O=C(CNc1ccccc1)NC1C(=O)N2C(C(=O)O)C(=O)CS[C@@H]12. The zero-order chi connectivity index (χ0) is 17.3. The Bertz CT molecular complexity index is 696. The highest BCUT2D eigenvalue weighted by atomic mass is 32.2. The molecule has 0 aliphatic carbocycles. The maximum Gasteiger partial charge on any atom is 0.334 e. The lowest BCUT2D eigenvalue weighted by atomic mass is 10.0. The molecule has 3 rings (SSSR count). The summed E-state index contributed by atoms with van der Waals surface area (Å²) in [7, 11) is 0. The molecule has 0 spiro atoms. The fourth-order valence-corrected chi connectivity index (χ4v) is 3.95. The Morgan fingerprint density at radius 3 is 2.62 bits per heavy atom. The number of carbonyl (C=O) groups is 4. The van der Waals surface area contributed by atoms with Gasteiger partial charge >= 0.3 is 5.97 Å². The minimum atomic E-state index is -1.45. The summed E-state index contributed by atoms with van der Waals surface area (Å²) in [5.74, 6) is -2.75. The van der Waals surface area contributed by atoms with Crippen molar-refractivity contribution in [1.29, 1.82) is 0 Å². The van der Waals surface area contributed by atoms with Crippen LogP contribution in [-0.4, -0.2) is 63.3 Å². The van der Waals surface area contributed by atoms with Crippen LogP contribution in [0.2, 0.25) is 0 Å². The number of thioether (sulfide) groups is 1. The van der Waals surface area contributed by atoms with Crippen molar-refractivity contribution in [3.8, 4) is 0 Å². The number of para-hydroxylation sites is 1. The summed E-state index contributed by atoms with van der Waals surface area (Å²) in [6.45, 7) is -0.00747. The molecule has 9 heteroatoms. The van der Waals surface area contributed by atoms with Crippen molar-refractivity contribution < 1.29 is 24.3 Å². The molecular formula is C15H15N3O5S. The van der Waals surface area contributed by atoms with Crippen molar-refractivity contribution in [2.45, 2.75) is 17.5 Å². The molecular weight excluding hydrogens is 334 g/mol. The Kier molecular flexibility index (Phi) is 4.43. The third-order valence-electron chi connectivity index (χ3n) is 3.84. The van der Waals surface area contributed by atoms with Crippen molar-refractivity contribution in [2.24, 2.45) is 0 Å². The van der Waals surface area contributed by atoms with Gasteiger partial charge in [-0.25, -0.2) is 4.79 Å². The molecule has 1 aromatic rings. The van der Waals surface area contributed by atoms with Gasteiger partial charge in [-0.3, -0.25) is 14.4 Å². The summed E-state index contributed by atoms with van der Waals surface area (Å²) in [5, 5.41) is 14.1. The molecule has 2 unspecified atom stereocenters. The van der Waals surface area contributed by atoms with Crippen LogP contribution in [0.25, 0.3) is 0 Å². The number of hydrogen-bond acceptors (Lipinski definition) is 6. The lowest BCUT2D eigenvalue weighted by molar-refractivity contribution is -0.165. The number of β-lactam (4-membered cyclic amide) rings is 1. The number of aliphatic carboxylic acids is 1. The summed E-state index contributed by atoms with van der Waals surface area (Å²) in [5.41, 5.74) is 0.776. The number of ketones is 1. The summed E-state index contributed by atoms with van der Waals surface area (Å²) in [4.78, 5) is 48.0. The number of anilines is 1. The summed E-state index contributed by atoms with van der Waals surface area (Å²) in [6, 6.07) is 6.89. The van der Waals surface area contributed by atoms with Gasteiger partial charge in [-0.05, 0) is 12.1 Å². The lowest BCUT2D eigenvalue weighted by Crippen LogP contribution is -2.76. The normalized spacial score (nSPS) is 25.5. The first-order valence-electron chi connectivity index (χ1n) is 7.26. The fraction of sp³-hybridized carbons (Fsp3) is 0.333. The van der Waals surface area contributed by atoms with Gasteiger partial charge in [0.05, 0.1) is 12.3 Å². The molecule has 2 saturated heterocycles. The van der Waals surface area contributed by atoms with E-state index in [0.29, 0.717) is 0 Å². The molecule has 2 amide bonds. The van der Waals surface area contributed by atoms with Gasteiger partial charge in [-0.2, -0.15) is 0 Å². The second-order valence-corrected chi connectivity index (χ2v) is 6.52. The first kappa shape index (κ1) is 16.3. The average molecular weight is 349 g/mol. The van der Waals surface area contributed by atoms with Gasteiger partial charge in [-0.1, -0.05) is 18.2 Å². The van der Waals surface area contributed by atoms with Crippen LogP contribution < -0.4 is 10.6 Å². The van der Waals surface area contributed by atoms with Gasteiger partial charge in [-0.15, -0.1) is 11.8 Å². The second kappa shape index (κ2) is 6.52. The molecule has 8 nitrogen and oxygen atoms in total. The Hall–Kier alpha value is -2.55.